The van der Waals surface area contributed by atoms with E-state index in [1.807, 2.05) is 18.7 Å². The van der Waals surface area contributed by atoms with Crippen molar-refractivity contribution in [3.63, 3.8) is 0 Å². The second kappa shape index (κ2) is 4.94. The van der Waals surface area contributed by atoms with E-state index < -0.39 is 9.29 Å². The number of hydrogen-bond donors (Lipinski definition) is 0. The molecule has 1 aliphatic rings. The van der Waals surface area contributed by atoms with Gasteiger partial charge in [0.2, 0.25) is 4.46 Å². The molecule has 0 saturated carbocycles. The van der Waals surface area contributed by atoms with Gasteiger partial charge in [-0.05, 0) is 13.8 Å². The fraction of sp³-hybridized carbons (Fsp3) is 1.00. The van der Waals surface area contributed by atoms with Gasteiger partial charge in [0.15, 0.2) is 4.84 Å². The Kier molecular flexibility index (Phi) is 4.64. The summed E-state index contributed by atoms with van der Waals surface area (Å²) in [4.78, 5) is 0.989. The minimum absolute atomic E-state index is 0.0858. The Morgan fingerprint density at radius 2 is 1.64 bits per heavy atom. The zero-order valence-corrected chi connectivity index (χ0v) is 11.0. The van der Waals surface area contributed by atoms with Crippen molar-refractivity contribution < 1.29 is 4.74 Å². The second-order valence-electron chi connectivity index (χ2n) is 3.55. The maximum absolute atomic E-state index is 6.05. The molecule has 0 aromatic carbocycles. The molecule has 0 N–H and O–H groups in total. The van der Waals surface area contributed by atoms with Crippen LogP contribution in [0, 0.1) is 0 Å². The van der Waals surface area contributed by atoms with Gasteiger partial charge in [0, 0.05) is 13.1 Å². The van der Waals surface area contributed by atoms with E-state index in [-0.39, 0.29) is 12.2 Å². The standard InChI is InChI=1S/C8H13Cl4NO/c1-5-3-13(4-6(2)14-5)8(11,12)7(9)10/h5-7H,3-4H2,1-2H3. The molecule has 0 aromatic rings. The third-order valence-corrected chi connectivity index (χ3v) is 4.10. The number of morpholine rings is 1. The highest BCUT2D eigenvalue weighted by molar-refractivity contribution is 6.59. The average molecular weight is 281 g/mol. The lowest BCUT2D eigenvalue weighted by molar-refractivity contribution is -0.0754. The van der Waals surface area contributed by atoms with Crippen molar-refractivity contribution in [3.8, 4) is 0 Å². The van der Waals surface area contributed by atoms with Gasteiger partial charge < -0.3 is 4.74 Å². The van der Waals surface area contributed by atoms with Gasteiger partial charge >= 0.3 is 0 Å². The Hall–Kier alpha value is 1.08. The number of halogens is 4. The molecule has 0 amide bonds. The van der Waals surface area contributed by atoms with Crippen LogP contribution in [0.4, 0.5) is 0 Å². The predicted octanol–water partition coefficient (Wildman–Crippen LogP) is 3.03. The van der Waals surface area contributed by atoms with Crippen LogP contribution in [0.3, 0.4) is 0 Å². The molecule has 1 aliphatic heterocycles. The van der Waals surface area contributed by atoms with E-state index in [4.69, 9.17) is 51.1 Å². The van der Waals surface area contributed by atoms with Gasteiger partial charge in [-0.2, -0.15) is 0 Å². The monoisotopic (exact) mass is 279 g/mol. The molecule has 1 fully saturated rings. The minimum atomic E-state index is -1.24. The van der Waals surface area contributed by atoms with E-state index >= 15 is 0 Å². The lowest BCUT2D eigenvalue weighted by Gasteiger charge is -2.42. The van der Waals surface area contributed by atoms with Gasteiger partial charge in [0.25, 0.3) is 0 Å². The zero-order chi connectivity index (χ0) is 10.9. The van der Waals surface area contributed by atoms with Crippen LogP contribution in [0.1, 0.15) is 13.8 Å². The number of ether oxygens (including phenoxy) is 1. The van der Waals surface area contributed by atoms with Crippen LogP contribution in [0.25, 0.3) is 0 Å². The van der Waals surface area contributed by atoms with Gasteiger partial charge in [0.05, 0.1) is 12.2 Å². The Balaban J connectivity index is 2.67. The fourth-order valence-electron chi connectivity index (χ4n) is 1.56. The summed E-state index contributed by atoms with van der Waals surface area (Å²) in [5.41, 5.74) is 0. The van der Waals surface area contributed by atoms with E-state index in [1.54, 1.807) is 0 Å². The molecule has 2 unspecified atom stereocenters. The van der Waals surface area contributed by atoms with Gasteiger partial charge in [-0.15, -0.1) is 23.2 Å². The molecule has 14 heavy (non-hydrogen) atoms. The number of nitrogens with zero attached hydrogens (tertiary/aromatic N) is 1. The lowest BCUT2D eigenvalue weighted by atomic mass is 10.2. The van der Waals surface area contributed by atoms with Crippen LogP contribution in [0.5, 0.6) is 0 Å². The molecule has 84 valence electrons. The van der Waals surface area contributed by atoms with Crippen LogP contribution >= 0.6 is 46.4 Å². The van der Waals surface area contributed by atoms with Crippen LogP contribution in [0.2, 0.25) is 0 Å². The maximum atomic E-state index is 6.05. The van der Waals surface area contributed by atoms with E-state index in [0.29, 0.717) is 13.1 Å². The van der Waals surface area contributed by atoms with Crippen molar-refractivity contribution in [1.82, 2.24) is 4.90 Å². The molecule has 2 atom stereocenters. The highest BCUT2D eigenvalue weighted by Gasteiger charge is 2.42. The first kappa shape index (κ1) is 13.1. The Morgan fingerprint density at radius 3 is 2.00 bits per heavy atom. The first-order valence-corrected chi connectivity index (χ1v) is 6.03. The van der Waals surface area contributed by atoms with E-state index in [1.165, 1.54) is 0 Å². The van der Waals surface area contributed by atoms with Crippen molar-refractivity contribution in [2.24, 2.45) is 0 Å². The summed E-state index contributed by atoms with van der Waals surface area (Å²) in [5, 5.41) is 0. The van der Waals surface area contributed by atoms with Crippen LogP contribution < -0.4 is 0 Å². The highest BCUT2D eigenvalue weighted by atomic mass is 35.5. The lowest BCUT2D eigenvalue weighted by Crippen LogP contribution is -2.54. The summed E-state index contributed by atoms with van der Waals surface area (Å²) in [7, 11) is 0. The van der Waals surface area contributed by atoms with E-state index in [2.05, 4.69) is 0 Å². The molecular weight excluding hydrogens is 268 g/mol. The maximum Gasteiger partial charge on any atom is 0.201 e. The molecule has 0 radical (unpaired) electrons. The Morgan fingerprint density at radius 1 is 1.21 bits per heavy atom. The highest BCUT2D eigenvalue weighted by Crippen LogP contribution is 2.37. The third kappa shape index (κ3) is 3.03. The molecule has 0 aromatic heterocycles. The molecule has 2 nitrogen and oxygen atoms in total. The van der Waals surface area contributed by atoms with Crippen molar-refractivity contribution in [2.45, 2.75) is 35.3 Å². The van der Waals surface area contributed by atoms with Crippen LogP contribution in [0.15, 0.2) is 0 Å². The molecule has 1 rings (SSSR count). The van der Waals surface area contributed by atoms with Gasteiger partial charge in [-0.1, -0.05) is 23.2 Å². The Bertz CT molecular complexity index is 190. The van der Waals surface area contributed by atoms with Gasteiger partial charge in [0.1, 0.15) is 0 Å². The molecule has 0 aliphatic carbocycles. The quantitative estimate of drug-likeness (QED) is 0.570. The smallest absolute Gasteiger partial charge is 0.201 e. The molecule has 6 heteroatoms. The summed E-state index contributed by atoms with van der Waals surface area (Å²) < 4.78 is 4.31. The summed E-state index contributed by atoms with van der Waals surface area (Å²) in [6.07, 6.45) is 0.172. The summed E-state index contributed by atoms with van der Waals surface area (Å²) in [6, 6.07) is 0. The SMILES string of the molecule is CC1CN(C(Cl)(Cl)C(Cl)Cl)CC(C)O1. The topological polar surface area (TPSA) is 12.5 Å². The largest absolute Gasteiger partial charge is 0.373 e. The second-order valence-corrected chi connectivity index (χ2v) is 5.99. The molecule has 0 bridgehead atoms. The third-order valence-electron chi connectivity index (χ3n) is 2.10. The first-order valence-electron chi connectivity index (χ1n) is 4.40. The molecule has 0 spiro atoms. The summed E-state index contributed by atoms with van der Waals surface area (Å²) >= 11 is 23.5. The average Bonchev–Trinajstić information content (AvgIpc) is 2.01. The van der Waals surface area contributed by atoms with Crippen molar-refractivity contribution in [3.05, 3.63) is 0 Å². The number of alkyl halides is 4. The summed E-state index contributed by atoms with van der Waals surface area (Å²) in [6.45, 7) is 5.19. The van der Waals surface area contributed by atoms with Gasteiger partial charge in [-0.25, -0.2) is 0 Å². The predicted molar refractivity (Wildman–Crippen MR) is 61.5 cm³/mol. The fourth-order valence-corrected chi connectivity index (χ4v) is 2.11. The first-order chi connectivity index (χ1) is 6.34. The van der Waals surface area contributed by atoms with Crippen molar-refractivity contribution in [1.29, 1.82) is 0 Å². The molecular formula is C8H13Cl4NO. The summed E-state index contributed by atoms with van der Waals surface area (Å²) in [5.74, 6) is 0. The van der Waals surface area contributed by atoms with E-state index in [9.17, 15) is 0 Å². The van der Waals surface area contributed by atoms with Gasteiger partial charge in [-0.3, -0.25) is 4.90 Å². The number of rotatable bonds is 2. The van der Waals surface area contributed by atoms with Crippen molar-refractivity contribution in [2.75, 3.05) is 13.1 Å². The molecule has 1 heterocycles. The van der Waals surface area contributed by atoms with E-state index in [0.717, 1.165) is 0 Å². The van der Waals surface area contributed by atoms with Crippen LogP contribution in [-0.4, -0.2) is 39.5 Å². The van der Waals surface area contributed by atoms with Crippen LogP contribution in [-0.2, 0) is 4.74 Å². The zero-order valence-electron chi connectivity index (χ0n) is 8.01. The normalized spacial score (nSPS) is 31.1. The van der Waals surface area contributed by atoms with Crippen molar-refractivity contribution >= 4 is 46.4 Å². The molecule has 1 saturated heterocycles. The Labute approximate surface area is 104 Å². The number of hydrogen-bond acceptors (Lipinski definition) is 2. The minimum Gasteiger partial charge on any atom is -0.373 e.